The molecule has 1 amide bonds. The molecule has 0 aliphatic carbocycles. The van der Waals surface area contributed by atoms with Crippen LogP contribution in [0.1, 0.15) is 45.2 Å². The summed E-state index contributed by atoms with van der Waals surface area (Å²) in [5.41, 5.74) is 2.50. The normalized spacial score (nSPS) is 18.8. The average molecular weight is 638 g/mol. The molecule has 3 aromatic rings. The Kier molecular flexibility index (Phi) is 8.37. The molecule has 0 spiro atoms. The number of hydrogen-bond acceptors (Lipinski definition) is 8. The minimum Gasteiger partial charge on any atom is -0.496 e. The molecule has 3 heterocycles. The zero-order valence-corrected chi connectivity index (χ0v) is 25.5. The fourth-order valence-corrected chi connectivity index (χ4v) is 6.57. The van der Waals surface area contributed by atoms with Crippen LogP contribution in [-0.2, 0) is 14.3 Å². The third-order valence-corrected chi connectivity index (χ3v) is 8.51. The Balaban J connectivity index is 1.68. The van der Waals surface area contributed by atoms with E-state index in [1.807, 2.05) is 49.4 Å². The number of ether oxygens (including phenoxy) is 2. The number of para-hydroxylation sites is 1. The van der Waals surface area contributed by atoms with Crippen LogP contribution in [-0.4, -0.2) is 35.9 Å². The van der Waals surface area contributed by atoms with Crippen molar-refractivity contribution in [3.63, 3.8) is 0 Å². The van der Waals surface area contributed by atoms with Gasteiger partial charge in [-0.15, -0.1) is 0 Å². The number of esters is 1. The van der Waals surface area contributed by atoms with Gasteiger partial charge in [-0.25, -0.2) is 9.79 Å². The summed E-state index contributed by atoms with van der Waals surface area (Å²) in [7, 11) is 1.57. The van der Waals surface area contributed by atoms with Gasteiger partial charge in [0.05, 0.1) is 51.4 Å². The topological polar surface area (TPSA) is 103 Å². The van der Waals surface area contributed by atoms with Crippen LogP contribution in [0.3, 0.4) is 0 Å². The first-order valence-corrected chi connectivity index (χ1v) is 14.9. The Morgan fingerprint density at radius 3 is 2.56 bits per heavy atom. The largest absolute Gasteiger partial charge is 0.496 e. The molecular weight excluding hydrogens is 608 g/mol. The second kappa shape index (κ2) is 12.0. The monoisotopic (exact) mass is 636 g/mol. The lowest BCUT2D eigenvalue weighted by Crippen LogP contribution is -2.40. The zero-order valence-electron chi connectivity index (χ0n) is 23.1. The van der Waals surface area contributed by atoms with Crippen LogP contribution < -0.4 is 24.6 Å². The molecule has 2 aliphatic rings. The molecule has 11 heteroatoms. The number of halogens is 1. The molecule has 2 aromatic carbocycles. The van der Waals surface area contributed by atoms with Gasteiger partial charge in [-0.05, 0) is 72.1 Å². The van der Waals surface area contributed by atoms with Crippen molar-refractivity contribution in [1.29, 1.82) is 0 Å². The van der Waals surface area contributed by atoms with E-state index in [4.69, 9.17) is 14.5 Å². The van der Waals surface area contributed by atoms with Crippen molar-refractivity contribution >= 4 is 56.6 Å². The maximum absolute atomic E-state index is 14.1. The number of allylic oxidation sites excluding steroid dienone is 1. The molecule has 0 radical (unpaired) electrons. The quantitative estimate of drug-likeness (QED) is 0.342. The first kappa shape index (κ1) is 28.7. The number of carbonyl (C=O) groups excluding carboxylic acids is 2. The van der Waals surface area contributed by atoms with Crippen molar-refractivity contribution in [3.05, 3.63) is 89.5 Å². The van der Waals surface area contributed by atoms with Crippen LogP contribution in [0.5, 0.6) is 5.75 Å². The third kappa shape index (κ3) is 5.31. The number of carbonyl (C=O) groups is 2. The van der Waals surface area contributed by atoms with E-state index < -0.39 is 17.9 Å². The summed E-state index contributed by atoms with van der Waals surface area (Å²) in [5.74, 6) is -0.841. The third-order valence-electron chi connectivity index (χ3n) is 6.89. The highest BCUT2D eigenvalue weighted by Crippen LogP contribution is 2.36. The van der Waals surface area contributed by atoms with Gasteiger partial charge in [0.1, 0.15) is 11.7 Å². The van der Waals surface area contributed by atoms with Gasteiger partial charge in [0.15, 0.2) is 4.80 Å². The van der Waals surface area contributed by atoms with Crippen molar-refractivity contribution in [2.24, 2.45) is 16.0 Å². The number of amides is 1. The lowest BCUT2D eigenvalue weighted by molar-refractivity contribution is -0.139. The van der Waals surface area contributed by atoms with E-state index >= 15 is 0 Å². The summed E-state index contributed by atoms with van der Waals surface area (Å²) in [5, 5.41) is 5.83. The number of thiazole rings is 1. The maximum Gasteiger partial charge on any atom is 0.338 e. The Bertz CT molecular complexity index is 1760. The van der Waals surface area contributed by atoms with Gasteiger partial charge in [-0.2, -0.15) is 10.1 Å². The van der Waals surface area contributed by atoms with Gasteiger partial charge in [-0.1, -0.05) is 48.9 Å². The second-order valence-electron chi connectivity index (χ2n) is 9.53. The molecule has 2 atom stereocenters. The number of anilines is 1. The molecule has 5 rings (SSSR count). The van der Waals surface area contributed by atoms with E-state index in [0.717, 1.165) is 6.42 Å². The predicted molar refractivity (Wildman–Crippen MR) is 162 cm³/mol. The number of hydrogen-bond donors (Lipinski definition) is 0. The number of benzene rings is 2. The molecule has 0 unspecified atom stereocenters. The van der Waals surface area contributed by atoms with Crippen molar-refractivity contribution in [3.8, 4) is 5.75 Å². The Morgan fingerprint density at radius 1 is 1.15 bits per heavy atom. The highest BCUT2D eigenvalue weighted by molar-refractivity contribution is 9.10. The summed E-state index contributed by atoms with van der Waals surface area (Å²) in [6.45, 7) is 5.71. The maximum atomic E-state index is 14.1. The Hall–Kier alpha value is -3.83. The second-order valence-corrected chi connectivity index (χ2v) is 11.4. The number of hydrazone groups is 1. The highest BCUT2D eigenvalue weighted by atomic mass is 79.9. The van der Waals surface area contributed by atoms with Gasteiger partial charge in [-0.3, -0.25) is 14.2 Å². The summed E-state index contributed by atoms with van der Waals surface area (Å²) in [6, 6.07) is 13.8. The minimum absolute atomic E-state index is 0.186. The van der Waals surface area contributed by atoms with Gasteiger partial charge in [0.25, 0.3) is 11.5 Å². The first-order chi connectivity index (χ1) is 19.8. The summed E-state index contributed by atoms with van der Waals surface area (Å²) in [6.07, 6.45) is 2.94. The Morgan fingerprint density at radius 2 is 1.90 bits per heavy atom. The van der Waals surface area contributed by atoms with E-state index in [1.165, 1.54) is 20.9 Å². The van der Waals surface area contributed by atoms with Crippen molar-refractivity contribution in [2.75, 3.05) is 18.7 Å². The molecule has 2 aliphatic heterocycles. The SMILES string of the molecule is CCCC1=C(C(=O)OCC)[C@@H](c2ccc(OC)c(Br)c2)n2c(s/c(=C/[C@H]3C(=O)N(c4ccccc4)N=C3C)c2=O)=N1. The number of methoxy groups -OCH3 is 1. The van der Waals surface area contributed by atoms with E-state index in [9.17, 15) is 14.4 Å². The first-order valence-electron chi connectivity index (χ1n) is 13.3. The molecule has 0 saturated carbocycles. The fourth-order valence-electron chi connectivity index (χ4n) is 4.98. The molecular formula is C30H29BrN4O5S. The Labute approximate surface area is 249 Å². The number of nitrogens with zero attached hydrogens (tertiary/aromatic N) is 4. The van der Waals surface area contributed by atoms with E-state index in [-0.39, 0.29) is 18.1 Å². The summed E-state index contributed by atoms with van der Waals surface area (Å²) in [4.78, 5) is 46.0. The van der Waals surface area contributed by atoms with Crippen molar-refractivity contribution in [1.82, 2.24) is 4.57 Å². The van der Waals surface area contributed by atoms with Crippen LogP contribution in [0.4, 0.5) is 5.69 Å². The summed E-state index contributed by atoms with van der Waals surface area (Å²) >= 11 is 4.74. The van der Waals surface area contributed by atoms with Crippen LogP contribution in [0.2, 0.25) is 0 Å². The average Bonchev–Trinajstić information content (AvgIpc) is 3.43. The predicted octanol–water partition coefficient (Wildman–Crippen LogP) is 4.34. The minimum atomic E-state index is -0.772. The molecule has 0 bridgehead atoms. The van der Waals surface area contributed by atoms with Crippen LogP contribution >= 0.6 is 27.3 Å². The number of rotatable bonds is 8. The van der Waals surface area contributed by atoms with E-state index in [0.29, 0.717) is 54.2 Å². The van der Waals surface area contributed by atoms with E-state index in [2.05, 4.69) is 21.0 Å². The van der Waals surface area contributed by atoms with Gasteiger partial charge in [0, 0.05) is 0 Å². The number of fused-ring (bicyclic) bond motifs is 1. The van der Waals surface area contributed by atoms with Gasteiger partial charge in [0.2, 0.25) is 0 Å². The molecule has 9 nitrogen and oxygen atoms in total. The van der Waals surface area contributed by atoms with Gasteiger partial charge >= 0.3 is 5.97 Å². The molecule has 0 saturated heterocycles. The summed E-state index contributed by atoms with van der Waals surface area (Å²) < 4.78 is 13.4. The smallest absolute Gasteiger partial charge is 0.338 e. The van der Waals surface area contributed by atoms with E-state index in [1.54, 1.807) is 33.1 Å². The van der Waals surface area contributed by atoms with Crippen LogP contribution in [0.25, 0.3) is 6.08 Å². The van der Waals surface area contributed by atoms with Crippen LogP contribution in [0.15, 0.2) is 79.2 Å². The lowest BCUT2D eigenvalue weighted by atomic mass is 9.94. The van der Waals surface area contributed by atoms with Gasteiger partial charge < -0.3 is 9.47 Å². The van der Waals surface area contributed by atoms with Crippen molar-refractivity contribution < 1.29 is 19.1 Å². The zero-order chi connectivity index (χ0) is 29.3. The molecule has 41 heavy (non-hydrogen) atoms. The van der Waals surface area contributed by atoms with Crippen LogP contribution in [0, 0.1) is 5.92 Å². The standard InChI is InChI=1S/C30H29BrN4O5S/c1-5-10-22-25(29(38)40-6-2)26(18-13-14-23(39-4)21(31)15-18)34-28(37)24(41-30(34)32-22)16-20-17(3)33-35(27(20)36)19-11-8-7-9-12-19/h7-9,11-16,20,26H,5-6,10H2,1-4H3/b24-16+/t20-,26-/m1/s1. The highest BCUT2D eigenvalue weighted by Gasteiger charge is 2.36. The number of aromatic nitrogens is 1. The molecule has 0 N–H and O–H groups in total. The lowest BCUT2D eigenvalue weighted by Gasteiger charge is -2.26. The fraction of sp³-hybridized carbons (Fsp3) is 0.300. The van der Waals surface area contributed by atoms with Crippen molar-refractivity contribution in [2.45, 2.75) is 39.7 Å². The molecule has 1 aromatic heterocycles. The molecule has 212 valence electrons. The molecule has 0 fully saturated rings.